The van der Waals surface area contributed by atoms with Crippen molar-refractivity contribution in [3.63, 3.8) is 0 Å². The van der Waals surface area contributed by atoms with Gasteiger partial charge in [0.2, 0.25) is 0 Å². The minimum Gasteiger partial charge on any atom is -0.394 e. The average Bonchev–Trinajstić information content (AvgIpc) is 2.27. The lowest BCUT2D eigenvalue weighted by Crippen LogP contribution is -2.38. The van der Waals surface area contributed by atoms with Crippen molar-refractivity contribution in [3.8, 4) is 0 Å². The predicted octanol–water partition coefficient (Wildman–Crippen LogP) is -0.226. The van der Waals surface area contributed by atoms with Gasteiger partial charge in [0.05, 0.1) is 12.6 Å². The second-order valence-corrected chi connectivity index (χ2v) is 4.62. The van der Waals surface area contributed by atoms with Crippen LogP contribution in [0.15, 0.2) is 30.3 Å². The zero-order valence-electron chi connectivity index (χ0n) is 8.34. The maximum Gasteiger partial charge on any atom is 0.277 e. The third-order valence-corrected chi connectivity index (χ3v) is 3.08. The van der Waals surface area contributed by atoms with Crippen LogP contribution in [0, 0.1) is 0 Å². The zero-order valence-corrected chi connectivity index (χ0v) is 9.16. The number of aliphatic hydroxyl groups is 1. The molecule has 0 radical (unpaired) electrons. The molecule has 15 heavy (non-hydrogen) atoms. The van der Waals surface area contributed by atoms with E-state index in [0.29, 0.717) is 0 Å². The van der Waals surface area contributed by atoms with Crippen molar-refractivity contribution < 1.29 is 13.5 Å². The highest BCUT2D eigenvalue weighted by Gasteiger charge is 2.16. The van der Waals surface area contributed by atoms with Gasteiger partial charge in [0.15, 0.2) is 0 Å². The molecule has 0 spiro atoms. The Hall–Kier alpha value is -0.950. The number of hydrogen-bond donors (Lipinski definition) is 3. The van der Waals surface area contributed by atoms with Gasteiger partial charge in [-0.05, 0) is 5.56 Å². The van der Waals surface area contributed by atoms with Crippen molar-refractivity contribution >= 4 is 10.2 Å². The largest absolute Gasteiger partial charge is 0.394 e. The summed E-state index contributed by atoms with van der Waals surface area (Å²) in [6, 6.07) is 8.27. The van der Waals surface area contributed by atoms with E-state index in [1.54, 1.807) is 24.3 Å². The first-order valence-corrected chi connectivity index (χ1v) is 5.94. The molecule has 0 amide bonds. The second-order valence-electron chi connectivity index (χ2n) is 2.97. The van der Waals surface area contributed by atoms with Crippen LogP contribution in [0.1, 0.15) is 11.6 Å². The highest BCUT2D eigenvalue weighted by molar-refractivity contribution is 7.87. The number of aliphatic hydroxyl groups excluding tert-OH is 1. The molecule has 5 nitrogen and oxygen atoms in total. The van der Waals surface area contributed by atoms with E-state index in [4.69, 9.17) is 5.11 Å². The molecule has 84 valence electrons. The summed E-state index contributed by atoms with van der Waals surface area (Å²) in [5.41, 5.74) is 0.721. The van der Waals surface area contributed by atoms with E-state index in [2.05, 4.69) is 9.44 Å². The Balaban J connectivity index is 2.83. The Bertz CT molecular complexity index is 391. The molecule has 0 aliphatic heterocycles. The van der Waals surface area contributed by atoms with E-state index in [1.807, 2.05) is 6.07 Å². The lowest BCUT2D eigenvalue weighted by molar-refractivity contribution is 0.258. The van der Waals surface area contributed by atoms with Gasteiger partial charge in [-0.1, -0.05) is 30.3 Å². The van der Waals surface area contributed by atoms with Gasteiger partial charge in [-0.25, -0.2) is 4.72 Å². The Morgan fingerprint density at radius 3 is 2.40 bits per heavy atom. The van der Waals surface area contributed by atoms with Gasteiger partial charge in [0, 0.05) is 7.05 Å². The molecule has 1 aromatic rings. The van der Waals surface area contributed by atoms with Crippen molar-refractivity contribution in [2.24, 2.45) is 0 Å². The normalized spacial score (nSPS) is 13.7. The summed E-state index contributed by atoms with van der Waals surface area (Å²) in [7, 11) is -2.23. The van der Waals surface area contributed by atoms with Crippen molar-refractivity contribution in [2.45, 2.75) is 6.04 Å². The van der Waals surface area contributed by atoms with Crippen LogP contribution in [0.5, 0.6) is 0 Å². The molecule has 1 rings (SSSR count). The van der Waals surface area contributed by atoms with E-state index in [0.717, 1.165) is 5.56 Å². The van der Waals surface area contributed by atoms with Crippen LogP contribution in [-0.4, -0.2) is 27.2 Å². The Kier molecular flexibility index (Phi) is 4.22. The molecule has 1 atom stereocenters. The smallest absolute Gasteiger partial charge is 0.277 e. The summed E-state index contributed by atoms with van der Waals surface area (Å²) in [5.74, 6) is 0. The van der Waals surface area contributed by atoms with Crippen molar-refractivity contribution in [1.82, 2.24) is 9.44 Å². The summed E-state index contributed by atoms with van der Waals surface area (Å²) in [5, 5.41) is 9.08. The van der Waals surface area contributed by atoms with Crippen LogP contribution in [0.25, 0.3) is 0 Å². The minimum atomic E-state index is -3.54. The minimum absolute atomic E-state index is 0.287. The first kappa shape index (κ1) is 12.1. The third-order valence-electron chi connectivity index (χ3n) is 1.95. The molecule has 0 saturated carbocycles. The SMILES string of the molecule is CNS(=O)(=O)N[C@@H](CO)c1ccccc1. The van der Waals surface area contributed by atoms with Gasteiger partial charge in [0.1, 0.15) is 0 Å². The number of nitrogens with one attached hydrogen (secondary N) is 2. The van der Waals surface area contributed by atoms with Crippen LogP contribution < -0.4 is 9.44 Å². The first-order chi connectivity index (χ1) is 7.09. The molecular weight excluding hydrogens is 216 g/mol. The van der Waals surface area contributed by atoms with Crippen LogP contribution in [0.2, 0.25) is 0 Å². The number of rotatable bonds is 5. The van der Waals surface area contributed by atoms with Crippen molar-refractivity contribution in [3.05, 3.63) is 35.9 Å². The van der Waals surface area contributed by atoms with Gasteiger partial charge < -0.3 is 5.11 Å². The fraction of sp³-hybridized carbons (Fsp3) is 0.333. The summed E-state index contributed by atoms with van der Waals surface area (Å²) in [4.78, 5) is 0. The van der Waals surface area contributed by atoms with E-state index in [1.165, 1.54) is 7.05 Å². The predicted molar refractivity (Wildman–Crippen MR) is 57.4 cm³/mol. The van der Waals surface area contributed by atoms with Gasteiger partial charge in [-0.15, -0.1) is 0 Å². The van der Waals surface area contributed by atoms with E-state index in [-0.39, 0.29) is 6.61 Å². The van der Waals surface area contributed by atoms with Gasteiger partial charge in [-0.2, -0.15) is 13.1 Å². The molecule has 0 aliphatic rings. The average molecular weight is 230 g/mol. The maximum absolute atomic E-state index is 11.2. The highest BCUT2D eigenvalue weighted by atomic mass is 32.2. The molecule has 1 aromatic carbocycles. The van der Waals surface area contributed by atoms with Crippen molar-refractivity contribution in [2.75, 3.05) is 13.7 Å². The molecular formula is C9H14N2O3S. The third kappa shape index (κ3) is 3.60. The number of benzene rings is 1. The summed E-state index contributed by atoms with van der Waals surface area (Å²) in [6.45, 7) is -0.287. The molecule has 0 aromatic heterocycles. The summed E-state index contributed by atoms with van der Waals surface area (Å²) >= 11 is 0. The monoisotopic (exact) mass is 230 g/mol. The molecule has 0 aliphatic carbocycles. The van der Waals surface area contributed by atoms with Crippen LogP contribution in [0.4, 0.5) is 0 Å². The van der Waals surface area contributed by atoms with Gasteiger partial charge >= 0.3 is 0 Å². The summed E-state index contributed by atoms with van der Waals surface area (Å²) < 4.78 is 26.9. The fourth-order valence-corrected chi connectivity index (χ4v) is 1.85. The van der Waals surface area contributed by atoms with E-state index >= 15 is 0 Å². The Morgan fingerprint density at radius 2 is 1.93 bits per heavy atom. The van der Waals surface area contributed by atoms with Gasteiger partial charge in [0.25, 0.3) is 10.2 Å². The van der Waals surface area contributed by atoms with Crippen LogP contribution in [0.3, 0.4) is 0 Å². The quantitative estimate of drug-likeness (QED) is 0.654. The molecule has 0 heterocycles. The van der Waals surface area contributed by atoms with Crippen molar-refractivity contribution in [1.29, 1.82) is 0 Å². The van der Waals surface area contributed by atoms with E-state index in [9.17, 15) is 8.42 Å². The topological polar surface area (TPSA) is 78.4 Å². The Labute approximate surface area is 89.3 Å². The standard InChI is InChI=1S/C9H14N2O3S/c1-10-15(13,14)11-9(7-12)8-5-3-2-4-6-8/h2-6,9-12H,7H2,1H3/t9-/m0/s1. The zero-order chi connectivity index (χ0) is 11.3. The first-order valence-electron chi connectivity index (χ1n) is 4.45. The molecule has 0 unspecified atom stereocenters. The molecule has 0 saturated heterocycles. The molecule has 3 N–H and O–H groups in total. The summed E-state index contributed by atoms with van der Waals surface area (Å²) in [6.07, 6.45) is 0. The second kappa shape index (κ2) is 5.22. The lowest BCUT2D eigenvalue weighted by atomic mass is 10.1. The number of hydrogen-bond acceptors (Lipinski definition) is 3. The molecule has 0 fully saturated rings. The molecule has 6 heteroatoms. The Morgan fingerprint density at radius 1 is 1.33 bits per heavy atom. The highest BCUT2D eigenvalue weighted by Crippen LogP contribution is 2.11. The lowest BCUT2D eigenvalue weighted by Gasteiger charge is -2.15. The van der Waals surface area contributed by atoms with Crippen LogP contribution >= 0.6 is 0 Å². The molecule has 0 bridgehead atoms. The van der Waals surface area contributed by atoms with Crippen LogP contribution in [-0.2, 0) is 10.2 Å². The van der Waals surface area contributed by atoms with E-state index < -0.39 is 16.3 Å². The maximum atomic E-state index is 11.2. The van der Waals surface area contributed by atoms with Gasteiger partial charge in [-0.3, -0.25) is 0 Å². The fourth-order valence-electron chi connectivity index (χ4n) is 1.14.